The molecular formula is C16H16ClFN2O2. The van der Waals surface area contributed by atoms with E-state index >= 15 is 0 Å². The van der Waals surface area contributed by atoms with Crippen LogP contribution in [0.25, 0.3) is 0 Å². The highest BCUT2D eigenvalue weighted by atomic mass is 35.5. The first-order valence-electron chi connectivity index (χ1n) is 6.80. The Bertz CT molecular complexity index is 647. The lowest BCUT2D eigenvalue weighted by atomic mass is 10.3. The van der Waals surface area contributed by atoms with E-state index in [9.17, 15) is 9.18 Å². The van der Waals surface area contributed by atoms with E-state index in [1.165, 1.54) is 18.2 Å². The lowest BCUT2D eigenvalue weighted by Crippen LogP contribution is -2.21. The van der Waals surface area contributed by atoms with E-state index < -0.39 is 5.82 Å². The van der Waals surface area contributed by atoms with Crippen LogP contribution >= 0.6 is 11.6 Å². The van der Waals surface area contributed by atoms with Gasteiger partial charge in [0, 0.05) is 5.69 Å². The van der Waals surface area contributed by atoms with Gasteiger partial charge in [-0.25, -0.2) is 4.39 Å². The molecule has 2 aromatic carbocycles. The average molecular weight is 323 g/mol. The molecule has 0 aliphatic heterocycles. The molecule has 2 aromatic rings. The highest BCUT2D eigenvalue weighted by Crippen LogP contribution is 2.22. The first-order valence-corrected chi connectivity index (χ1v) is 7.18. The van der Waals surface area contributed by atoms with Crippen LogP contribution in [0.4, 0.5) is 15.8 Å². The van der Waals surface area contributed by atoms with Gasteiger partial charge in [-0.05, 0) is 49.4 Å². The molecule has 2 rings (SSSR count). The van der Waals surface area contributed by atoms with E-state index in [2.05, 4.69) is 10.6 Å². The molecule has 0 unspecified atom stereocenters. The summed E-state index contributed by atoms with van der Waals surface area (Å²) in [5.41, 5.74) is 1.17. The van der Waals surface area contributed by atoms with Crippen LogP contribution in [0.5, 0.6) is 5.75 Å². The minimum absolute atomic E-state index is 0.0264. The molecule has 1 amide bonds. The van der Waals surface area contributed by atoms with Crippen LogP contribution in [0.2, 0.25) is 5.02 Å². The molecule has 0 heterocycles. The summed E-state index contributed by atoms with van der Waals surface area (Å²) in [6.07, 6.45) is 0. The minimum Gasteiger partial charge on any atom is -0.494 e. The van der Waals surface area contributed by atoms with Crippen molar-refractivity contribution < 1.29 is 13.9 Å². The second-order valence-corrected chi connectivity index (χ2v) is 4.89. The van der Waals surface area contributed by atoms with Crippen LogP contribution in [0.1, 0.15) is 6.92 Å². The topological polar surface area (TPSA) is 50.4 Å². The minimum atomic E-state index is -0.422. The van der Waals surface area contributed by atoms with Crippen molar-refractivity contribution in [2.24, 2.45) is 0 Å². The smallest absolute Gasteiger partial charge is 0.243 e. The molecule has 4 nitrogen and oxygen atoms in total. The number of hydrogen-bond donors (Lipinski definition) is 2. The van der Waals surface area contributed by atoms with Crippen molar-refractivity contribution in [1.29, 1.82) is 0 Å². The van der Waals surface area contributed by atoms with Crippen molar-refractivity contribution in [3.8, 4) is 5.75 Å². The van der Waals surface area contributed by atoms with Crippen LogP contribution in [-0.2, 0) is 4.79 Å². The summed E-state index contributed by atoms with van der Waals surface area (Å²) in [6.45, 7) is 2.52. The van der Waals surface area contributed by atoms with Crippen molar-refractivity contribution in [1.82, 2.24) is 0 Å². The number of hydrogen-bond acceptors (Lipinski definition) is 3. The fraction of sp³-hybridized carbons (Fsp3) is 0.188. The Kier molecular flexibility index (Phi) is 5.61. The van der Waals surface area contributed by atoms with Crippen LogP contribution in [0.3, 0.4) is 0 Å². The molecule has 0 fully saturated rings. The number of halogens is 2. The number of carbonyl (C=O) groups is 1. The molecule has 0 saturated heterocycles. The fourth-order valence-corrected chi connectivity index (χ4v) is 2.05. The molecule has 0 aliphatic rings. The van der Waals surface area contributed by atoms with Crippen LogP contribution in [0.15, 0.2) is 42.5 Å². The second-order valence-electron chi connectivity index (χ2n) is 4.48. The maximum atomic E-state index is 12.9. The molecule has 116 valence electrons. The summed E-state index contributed by atoms with van der Waals surface area (Å²) in [4.78, 5) is 11.9. The van der Waals surface area contributed by atoms with Gasteiger partial charge in [-0.15, -0.1) is 0 Å². The summed E-state index contributed by atoms with van der Waals surface area (Å²) >= 11 is 5.87. The fourth-order valence-electron chi connectivity index (χ4n) is 1.81. The molecule has 0 aromatic heterocycles. The van der Waals surface area contributed by atoms with Crippen LogP contribution < -0.4 is 15.4 Å². The van der Waals surface area contributed by atoms with E-state index in [1.54, 1.807) is 24.3 Å². The Morgan fingerprint density at radius 1 is 1.23 bits per heavy atom. The summed E-state index contributed by atoms with van der Waals surface area (Å²) in [7, 11) is 0. The van der Waals surface area contributed by atoms with E-state index in [0.717, 1.165) is 5.75 Å². The van der Waals surface area contributed by atoms with Gasteiger partial charge >= 0.3 is 0 Å². The highest BCUT2D eigenvalue weighted by molar-refractivity contribution is 6.33. The molecule has 0 radical (unpaired) electrons. The number of rotatable bonds is 6. The number of ether oxygens (including phenoxy) is 1. The summed E-state index contributed by atoms with van der Waals surface area (Å²) < 4.78 is 18.2. The number of amides is 1. The van der Waals surface area contributed by atoms with E-state index in [0.29, 0.717) is 18.0 Å². The Labute approximate surface area is 133 Å². The molecule has 0 bridgehead atoms. The van der Waals surface area contributed by atoms with Crippen molar-refractivity contribution in [3.63, 3.8) is 0 Å². The van der Waals surface area contributed by atoms with Crippen molar-refractivity contribution in [2.45, 2.75) is 6.92 Å². The quantitative estimate of drug-likeness (QED) is 0.847. The first kappa shape index (κ1) is 16.1. The zero-order valence-electron chi connectivity index (χ0n) is 12.0. The summed E-state index contributed by atoms with van der Waals surface area (Å²) in [5.74, 6) is 0.0932. The largest absolute Gasteiger partial charge is 0.494 e. The van der Waals surface area contributed by atoms with E-state index in [-0.39, 0.29) is 17.5 Å². The van der Waals surface area contributed by atoms with Crippen LogP contribution in [0, 0.1) is 5.82 Å². The van der Waals surface area contributed by atoms with E-state index in [1.807, 2.05) is 6.92 Å². The average Bonchev–Trinajstić information content (AvgIpc) is 2.49. The molecule has 6 heteroatoms. The number of nitrogens with one attached hydrogen (secondary N) is 2. The van der Waals surface area contributed by atoms with Gasteiger partial charge in [0.15, 0.2) is 0 Å². The zero-order valence-corrected chi connectivity index (χ0v) is 12.8. The molecule has 0 atom stereocenters. The molecular weight excluding hydrogens is 307 g/mol. The predicted molar refractivity (Wildman–Crippen MR) is 86.1 cm³/mol. The molecule has 0 saturated carbocycles. The SMILES string of the molecule is CCOc1ccc(NC(=O)CNc2ccc(F)cc2Cl)cc1. The monoisotopic (exact) mass is 322 g/mol. The van der Waals surface area contributed by atoms with Crippen molar-refractivity contribution >= 4 is 28.9 Å². The third-order valence-corrected chi connectivity index (χ3v) is 3.13. The van der Waals surface area contributed by atoms with Gasteiger partial charge in [0.2, 0.25) is 5.91 Å². The molecule has 0 spiro atoms. The van der Waals surface area contributed by atoms with Gasteiger partial charge in [0.25, 0.3) is 0 Å². The number of benzene rings is 2. The molecule has 0 aliphatic carbocycles. The standard InChI is InChI=1S/C16H16ClFN2O2/c1-2-22-13-6-4-12(5-7-13)20-16(21)10-19-15-8-3-11(18)9-14(15)17/h3-9,19H,2,10H2,1H3,(H,20,21). The lowest BCUT2D eigenvalue weighted by Gasteiger charge is -2.10. The Hall–Kier alpha value is -2.27. The van der Waals surface area contributed by atoms with Crippen molar-refractivity contribution in [3.05, 3.63) is 53.3 Å². The Morgan fingerprint density at radius 3 is 2.59 bits per heavy atom. The Morgan fingerprint density at radius 2 is 1.95 bits per heavy atom. The number of anilines is 2. The first-order chi connectivity index (χ1) is 10.6. The van der Waals surface area contributed by atoms with Gasteiger partial charge in [0.05, 0.1) is 23.9 Å². The second kappa shape index (κ2) is 7.66. The van der Waals surface area contributed by atoms with Crippen molar-refractivity contribution in [2.75, 3.05) is 23.8 Å². The van der Waals surface area contributed by atoms with Gasteiger partial charge in [0.1, 0.15) is 11.6 Å². The lowest BCUT2D eigenvalue weighted by molar-refractivity contribution is -0.114. The predicted octanol–water partition coefficient (Wildman–Crippen LogP) is 3.93. The van der Waals surface area contributed by atoms with Gasteiger partial charge in [-0.2, -0.15) is 0 Å². The third kappa shape index (κ3) is 4.63. The maximum absolute atomic E-state index is 12.9. The number of carbonyl (C=O) groups excluding carboxylic acids is 1. The summed E-state index contributed by atoms with van der Waals surface area (Å²) in [5, 5.41) is 5.83. The third-order valence-electron chi connectivity index (χ3n) is 2.82. The highest BCUT2D eigenvalue weighted by Gasteiger charge is 2.05. The van der Waals surface area contributed by atoms with Gasteiger partial charge < -0.3 is 15.4 Å². The zero-order chi connectivity index (χ0) is 15.9. The van der Waals surface area contributed by atoms with E-state index in [4.69, 9.17) is 16.3 Å². The molecule has 2 N–H and O–H groups in total. The summed E-state index contributed by atoms with van der Waals surface area (Å²) in [6, 6.07) is 11.0. The van der Waals surface area contributed by atoms with Gasteiger partial charge in [-0.1, -0.05) is 11.6 Å². The maximum Gasteiger partial charge on any atom is 0.243 e. The van der Waals surface area contributed by atoms with Crippen LogP contribution in [-0.4, -0.2) is 19.1 Å². The normalized spacial score (nSPS) is 10.1. The van der Waals surface area contributed by atoms with Gasteiger partial charge in [-0.3, -0.25) is 4.79 Å². The Balaban J connectivity index is 1.87. The molecule has 22 heavy (non-hydrogen) atoms.